The molecule has 1 fully saturated rings. The first-order valence-electron chi connectivity index (χ1n) is 10.7. The average molecular weight is 458 g/mol. The molecule has 0 saturated carbocycles. The molecule has 2 heterocycles. The van der Waals surface area contributed by atoms with Crippen molar-refractivity contribution in [2.45, 2.75) is 18.1 Å². The highest BCUT2D eigenvalue weighted by atomic mass is 16.5. The molecule has 1 unspecified atom stereocenters. The minimum atomic E-state index is -1.54. The van der Waals surface area contributed by atoms with E-state index in [4.69, 9.17) is 22.6 Å². The van der Waals surface area contributed by atoms with Crippen molar-refractivity contribution >= 4 is 17.6 Å². The molecule has 0 radical (unpaired) electrons. The van der Waals surface area contributed by atoms with Gasteiger partial charge in [-0.2, -0.15) is 4.48 Å². The summed E-state index contributed by atoms with van der Waals surface area (Å²) >= 11 is 0. The highest BCUT2D eigenvalue weighted by molar-refractivity contribution is 5.99. The lowest BCUT2D eigenvalue weighted by Gasteiger charge is -2.42. The third-order valence-electron chi connectivity index (χ3n) is 6.69. The van der Waals surface area contributed by atoms with Crippen molar-refractivity contribution in [1.82, 2.24) is 9.05 Å². The van der Waals surface area contributed by atoms with Gasteiger partial charge in [-0.25, -0.2) is 4.79 Å². The van der Waals surface area contributed by atoms with E-state index in [0.717, 1.165) is 0 Å². The molecule has 3 atom stereocenters. The van der Waals surface area contributed by atoms with Gasteiger partial charge in [0.25, 0.3) is 11.5 Å². The van der Waals surface area contributed by atoms with Gasteiger partial charge in [-0.15, -0.1) is 6.42 Å². The molecule has 2 aromatic carbocycles. The summed E-state index contributed by atoms with van der Waals surface area (Å²) in [6.45, 7) is 0.115. The highest BCUT2D eigenvalue weighted by Crippen LogP contribution is 2.49. The molecule has 3 amide bonds. The van der Waals surface area contributed by atoms with Crippen LogP contribution in [-0.4, -0.2) is 36.3 Å². The fourth-order valence-electron chi connectivity index (χ4n) is 5.02. The number of hydrogen-bond acceptors (Lipinski definition) is 4. The van der Waals surface area contributed by atoms with Crippen molar-refractivity contribution in [3.8, 4) is 18.0 Å². The van der Waals surface area contributed by atoms with E-state index >= 15 is 0 Å². The number of carbonyl (C=O) groups excluding carboxylic acids is 2. The van der Waals surface area contributed by atoms with Crippen LogP contribution in [0.2, 0.25) is 0 Å². The second-order valence-corrected chi connectivity index (χ2v) is 8.26. The lowest BCUT2D eigenvalue weighted by molar-refractivity contribution is -0.127. The van der Waals surface area contributed by atoms with E-state index in [2.05, 4.69) is 5.92 Å². The minimum Gasteiger partial charge on any atom is -0.375 e. The molecule has 1 aliphatic heterocycles. The van der Waals surface area contributed by atoms with Gasteiger partial charge in [-0.1, -0.05) is 24.1 Å². The summed E-state index contributed by atoms with van der Waals surface area (Å²) in [6, 6.07) is 17.7. The smallest absolute Gasteiger partial charge is 0.375 e. The van der Waals surface area contributed by atoms with Crippen LogP contribution in [0.5, 0.6) is 0 Å². The molecule has 8 heteroatoms. The molecular formula is C26H25N4O4+. The Hall–Kier alpha value is -4.19. The van der Waals surface area contributed by atoms with Crippen LogP contribution in [0.25, 0.3) is 5.69 Å². The van der Waals surface area contributed by atoms with Crippen molar-refractivity contribution in [3.05, 3.63) is 94.4 Å². The van der Waals surface area contributed by atoms with Crippen LogP contribution in [-0.2, 0) is 15.1 Å². The standard InChI is InChI=1S/C26H24N4O4/c1-3-18-7-13-21(14-8-18)30(25(28)33)17-22(34-2)16-26(30,24(27)32)19-9-11-20(12-10-19)29-15-5-4-6-23(29)31/h1,4-15,22H,16-17H2,2H3,(H3-,27,28,32,33)/p+1/t22-,26-,30?/m1/s1. The number of pyridine rings is 1. The number of terminal acetylenes is 1. The van der Waals surface area contributed by atoms with Gasteiger partial charge in [0, 0.05) is 54.7 Å². The zero-order valence-corrected chi connectivity index (χ0v) is 18.7. The average Bonchev–Trinajstić information content (AvgIpc) is 3.22. The number of urea groups is 1. The zero-order chi connectivity index (χ0) is 24.5. The predicted octanol–water partition coefficient (Wildman–Crippen LogP) is 2.00. The van der Waals surface area contributed by atoms with Gasteiger partial charge in [0.2, 0.25) is 5.54 Å². The van der Waals surface area contributed by atoms with Crippen molar-refractivity contribution < 1.29 is 14.3 Å². The van der Waals surface area contributed by atoms with E-state index in [-0.39, 0.29) is 18.5 Å². The number of aromatic nitrogens is 1. The minimum absolute atomic E-state index is 0.115. The molecule has 1 aromatic heterocycles. The Kier molecular flexibility index (Phi) is 5.83. The third-order valence-corrected chi connectivity index (χ3v) is 6.69. The number of likely N-dealkylation sites (tertiary alicyclic amines) is 1. The number of benzene rings is 2. The lowest BCUT2D eigenvalue weighted by atomic mass is 9.83. The number of methoxy groups -OCH3 is 1. The Bertz CT molecular complexity index is 1340. The predicted molar refractivity (Wildman–Crippen MR) is 129 cm³/mol. The van der Waals surface area contributed by atoms with Crippen LogP contribution in [0.3, 0.4) is 0 Å². The van der Waals surface area contributed by atoms with E-state index in [9.17, 15) is 14.4 Å². The maximum Gasteiger partial charge on any atom is 0.420 e. The Morgan fingerprint density at radius 3 is 2.29 bits per heavy atom. The van der Waals surface area contributed by atoms with Crippen molar-refractivity contribution in [2.24, 2.45) is 11.5 Å². The van der Waals surface area contributed by atoms with Crippen molar-refractivity contribution in [1.29, 1.82) is 0 Å². The summed E-state index contributed by atoms with van der Waals surface area (Å²) in [5.74, 6) is 1.83. The first-order chi connectivity index (χ1) is 16.3. The second-order valence-electron chi connectivity index (χ2n) is 8.26. The summed E-state index contributed by atoms with van der Waals surface area (Å²) in [4.78, 5) is 38.7. The van der Waals surface area contributed by atoms with Crippen LogP contribution in [0, 0.1) is 12.3 Å². The molecule has 172 valence electrons. The molecule has 0 bridgehead atoms. The van der Waals surface area contributed by atoms with Gasteiger partial charge in [0.15, 0.2) is 0 Å². The summed E-state index contributed by atoms with van der Waals surface area (Å²) in [6.07, 6.45) is 6.81. The van der Waals surface area contributed by atoms with Crippen LogP contribution in [0.4, 0.5) is 10.5 Å². The molecule has 0 spiro atoms. The Morgan fingerprint density at radius 1 is 1.09 bits per heavy atom. The number of nitrogens with two attached hydrogens (primary N) is 2. The fraction of sp³-hybridized carbons (Fsp3) is 0.192. The van der Waals surface area contributed by atoms with E-state index < -0.39 is 28.1 Å². The maximum atomic E-state index is 13.3. The van der Waals surface area contributed by atoms with E-state index in [1.165, 1.54) is 17.7 Å². The topological polar surface area (TPSA) is 117 Å². The number of carbonyl (C=O) groups is 2. The van der Waals surface area contributed by atoms with Gasteiger partial charge in [0.1, 0.15) is 18.3 Å². The summed E-state index contributed by atoms with van der Waals surface area (Å²) in [5, 5.41) is 0. The largest absolute Gasteiger partial charge is 0.420 e. The van der Waals surface area contributed by atoms with Crippen LogP contribution in [0.1, 0.15) is 17.5 Å². The van der Waals surface area contributed by atoms with Gasteiger partial charge >= 0.3 is 6.03 Å². The quantitative estimate of drug-likeness (QED) is 0.450. The fourth-order valence-corrected chi connectivity index (χ4v) is 5.02. The van der Waals surface area contributed by atoms with Crippen LogP contribution >= 0.6 is 0 Å². The number of primary amides is 2. The number of ether oxygens (including phenoxy) is 1. The van der Waals surface area contributed by atoms with Gasteiger partial charge < -0.3 is 16.2 Å². The number of amides is 3. The molecule has 34 heavy (non-hydrogen) atoms. The highest BCUT2D eigenvalue weighted by Gasteiger charge is 2.68. The van der Waals surface area contributed by atoms with E-state index in [0.29, 0.717) is 22.5 Å². The first kappa shape index (κ1) is 23.0. The maximum absolute atomic E-state index is 13.3. The summed E-state index contributed by atoms with van der Waals surface area (Å²) in [7, 11) is 1.52. The number of hydrogen-bond donors (Lipinski definition) is 2. The first-order valence-corrected chi connectivity index (χ1v) is 10.7. The monoisotopic (exact) mass is 457 g/mol. The molecular weight excluding hydrogens is 432 g/mol. The molecule has 0 aliphatic carbocycles. The summed E-state index contributed by atoms with van der Waals surface area (Å²) in [5.41, 5.74) is 12.5. The SMILES string of the molecule is C#Cc1ccc([N+]2(C(N)=O)C[C@H](OC)C[C@]2(C(N)=O)c2ccc(-n3ccccc3=O)cc2)cc1. The van der Waals surface area contributed by atoms with Crippen molar-refractivity contribution in [2.75, 3.05) is 13.7 Å². The van der Waals surface area contributed by atoms with Gasteiger partial charge in [-0.3, -0.25) is 14.2 Å². The normalized spacial score (nSPS) is 23.8. The molecule has 4 rings (SSSR count). The van der Waals surface area contributed by atoms with Gasteiger partial charge in [0.05, 0.1) is 0 Å². The van der Waals surface area contributed by atoms with E-state index in [1.807, 2.05) is 0 Å². The Labute approximate surface area is 197 Å². The lowest BCUT2D eigenvalue weighted by Crippen LogP contribution is -2.70. The molecule has 3 aromatic rings. The van der Waals surface area contributed by atoms with Gasteiger partial charge in [-0.05, 0) is 30.3 Å². The third kappa shape index (κ3) is 3.30. The van der Waals surface area contributed by atoms with E-state index in [1.54, 1.807) is 66.9 Å². The van der Waals surface area contributed by atoms with Crippen molar-refractivity contribution in [3.63, 3.8) is 0 Å². The summed E-state index contributed by atoms with van der Waals surface area (Å²) < 4.78 is 6.54. The molecule has 1 saturated heterocycles. The Morgan fingerprint density at radius 2 is 1.76 bits per heavy atom. The molecule has 1 aliphatic rings. The Balaban J connectivity index is 1.95. The number of nitrogens with zero attached hydrogens (tertiary/aromatic N) is 2. The zero-order valence-electron chi connectivity index (χ0n) is 18.7. The second kappa shape index (κ2) is 8.63. The van der Waals surface area contributed by atoms with Crippen LogP contribution in [0.15, 0.2) is 77.7 Å². The number of quaternary nitrogens is 1. The van der Waals surface area contributed by atoms with Crippen LogP contribution < -0.4 is 21.5 Å². The number of rotatable bonds is 5. The molecule has 8 nitrogen and oxygen atoms in total. The molecule has 4 N–H and O–H groups in total.